The monoisotopic (exact) mass is 342 g/mol. The van der Waals surface area contributed by atoms with Gasteiger partial charge in [0.2, 0.25) is 12.3 Å². The maximum absolute atomic E-state index is 11.7. The topological polar surface area (TPSA) is 89.9 Å². The number of hydrogen-bond acceptors (Lipinski definition) is 4. The summed E-state index contributed by atoms with van der Waals surface area (Å²) in [4.78, 5) is 23.5. The molecule has 1 fully saturated rings. The number of carbonyl (C=O) groups is 2. The number of nitrogens with one attached hydrogen (secondary N) is 1. The lowest BCUT2D eigenvalue weighted by atomic mass is 10.1. The number of amides is 2. The van der Waals surface area contributed by atoms with Crippen LogP contribution in [0.15, 0.2) is 18.2 Å². The Hall–Kier alpha value is -1.79. The molecule has 0 saturated carbocycles. The molecule has 1 saturated heterocycles. The Morgan fingerprint density at radius 1 is 1.39 bits per heavy atom. The molecule has 1 aliphatic rings. The Balaban J connectivity index is 0.000000253. The summed E-state index contributed by atoms with van der Waals surface area (Å²) >= 11 is 5.67. The molecule has 1 unspecified atom stereocenters. The summed E-state index contributed by atoms with van der Waals surface area (Å²) in [5.74, 6) is 0.0798. The van der Waals surface area contributed by atoms with Crippen LogP contribution in [0.5, 0.6) is 5.75 Å². The van der Waals surface area contributed by atoms with Crippen LogP contribution >= 0.6 is 11.6 Å². The van der Waals surface area contributed by atoms with E-state index in [9.17, 15) is 9.59 Å². The molecule has 1 aliphatic heterocycles. The minimum absolute atomic E-state index is 0.181. The number of aromatic hydroxyl groups is 1. The summed E-state index contributed by atoms with van der Waals surface area (Å²) in [6.45, 7) is 2.97. The molecule has 1 heterocycles. The van der Waals surface area contributed by atoms with Gasteiger partial charge in [0.05, 0.1) is 6.61 Å². The van der Waals surface area contributed by atoms with E-state index in [1.807, 2.05) is 6.92 Å². The number of nitrogens with zero attached hydrogens (tertiary/aromatic N) is 1. The molecule has 0 radical (unpaired) electrons. The van der Waals surface area contributed by atoms with Gasteiger partial charge in [-0.2, -0.15) is 0 Å². The fourth-order valence-corrected chi connectivity index (χ4v) is 2.37. The number of likely N-dealkylation sites (tertiary alicyclic amines) is 1. The van der Waals surface area contributed by atoms with Crippen molar-refractivity contribution in [2.45, 2.75) is 32.2 Å². The maximum atomic E-state index is 11.7. The number of aliphatic hydroxyl groups is 1. The van der Waals surface area contributed by atoms with Gasteiger partial charge in [0, 0.05) is 18.1 Å². The second-order valence-corrected chi connectivity index (χ2v) is 5.75. The minimum atomic E-state index is -0.773. The van der Waals surface area contributed by atoms with Crippen LogP contribution in [0, 0.1) is 6.92 Å². The van der Waals surface area contributed by atoms with E-state index in [-0.39, 0.29) is 18.3 Å². The van der Waals surface area contributed by atoms with Gasteiger partial charge in [0.15, 0.2) is 0 Å². The third kappa shape index (κ3) is 6.46. The van der Waals surface area contributed by atoms with Gasteiger partial charge in [0.1, 0.15) is 11.8 Å². The molecule has 2 rings (SSSR count). The first-order chi connectivity index (χ1) is 11.0. The van der Waals surface area contributed by atoms with E-state index in [1.165, 1.54) is 0 Å². The zero-order valence-corrected chi connectivity index (χ0v) is 13.9. The molecule has 2 amide bonds. The summed E-state index contributed by atoms with van der Waals surface area (Å²) in [6.07, 6.45) is 3.60. The molecule has 0 aliphatic carbocycles. The van der Waals surface area contributed by atoms with Crippen molar-refractivity contribution < 1.29 is 19.8 Å². The van der Waals surface area contributed by atoms with Crippen LogP contribution in [0.2, 0.25) is 5.02 Å². The average Bonchev–Trinajstić information content (AvgIpc) is 2.57. The zero-order valence-electron chi connectivity index (χ0n) is 13.2. The van der Waals surface area contributed by atoms with Crippen molar-refractivity contribution in [1.82, 2.24) is 10.2 Å². The van der Waals surface area contributed by atoms with Crippen molar-refractivity contribution in [1.29, 1.82) is 0 Å². The average molecular weight is 343 g/mol. The van der Waals surface area contributed by atoms with Gasteiger partial charge >= 0.3 is 0 Å². The van der Waals surface area contributed by atoms with Crippen molar-refractivity contribution in [3.05, 3.63) is 28.8 Å². The van der Waals surface area contributed by atoms with Crippen LogP contribution in [-0.2, 0) is 9.59 Å². The number of phenols is 1. The summed E-state index contributed by atoms with van der Waals surface area (Å²) in [5.41, 5.74) is 0.900. The maximum Gasteiger partial charge on any atom is 0.247 e. The molecule has 3 N–H and O–H groups in total. The molecular weight excluding hydrogens is 320 g/mol. The minimum Gasteiger partial charge on any atom is -0.508 e. The normalized spacial score (nSPS) is 15.2. The largest absolute Gasteiger partial charge is 0.508 e. The Kier molecular flexibility index (Phi) is 8.43. The van der Waals surface area contributed by atoms with Gasteiger partial charge in [0.25, 0.3) is 0 Å². The van der Waals surface area contributed by atoms with Crippen LogP contribution in [0.4, 0.5) is 0 Å². The molecule has 0 aromatic heterocycles. The zero-order chi connectivity index (χ0) is 17.2. The fourth-order valence-electron chi connectivity index (χ4n) is 2.25. The van der Waals surface area contributed by atoms with E-state index in [1.54, 1.807) is 23.1 Å². The van der Waals surface area contributed by atoms with E-state index in [0.717, 1.165) is 37.9 Å². The molecule has 1 aromatic carbocycles. The molecule has 1 aromatic rings. The smallest absolute Gasteiger partial charge is 0.247 e. The van der Waals surface area contributed by atoms with E-state index >= 15 is 0 Å². The van der Waals surface area contributed by atoms with Crippen molar-refractivity contribution in [2.24, 2.45) is 0 Å². The summed E-state index contributed by atoms with van der Waals surface area (Å²) in [7, 11) is 0. The lowest BCUT2D eigenvalue weighted by Gasteiger charge is -2.29. The van der Waals surface area contributed by atoms with Crippen molar-refractivity contribution in [3.8, 4) is 5.75 Å². The van der Waals surface area contributed by atoms with Crippen molar-refractivity contribution in [2.75, 3.05) is 19.7 Å². The Morgan fingerprint density at radius 3 is 2.52 bits per heavy atom. The van der Waals surface area contributed by atoms with E-state index in [0.29, 0.717) is 11.4 Å². The predicted octanol–water partition coefficient (Wildman–Crippen LogP) is 1.46. The SMILES string of the molecule is Cc1cc(O)ccc1Cl.O=CNC(CO)C(=O)N1CCCCC1. The second kappa shape index (κ2) is 10.1. The third-order valence-electron chi connectivity index (χ3n) is 3.56. The van der Waals surface area contributed by atoms with Gasteiger partial charge in [-0.15, -0.1) is 0 Å². The van der Waals surface area contributed by atoms with Gasteiger partial charge < -0.3 is 20.4 Å². The highest BCUT2D eigenvalue weighted by atomic mass is 35.5. The number of phenolic OH excluding ortho intramolecular Hbond substituents is 1. The molecule has 7 heteroatoms. The number of piperidine rings is 1. The summed E-state index contributed by atoms with van der Waals surface area (Å²) in [6, 6.07) is 4.09. The number of carbonyl (C=O) groups excluding carboxylic acids is 2. The quantitative estimate of drug-likeness (QED) is 0.723. The first-order valence-electron chi connectivity index (χ1n) is 7.54. The highest BCUT2D eigenvalue weighted by molar-refractivity contribution is 6.31. The summed E-state index contributed by atoms with van der Waals surface area (Å²) < 4.78 is 0. The molecule has 6 nitrogen and oxygen atoms in total. The van der Waals surface area contributed by atoms with Crippen LogP contribution < -0.4 is 5.32 Å². The Labute approximate surface area is 141 Å². The van der Waals surface area contributed by atoms with E-state index in [4.69, 9.17) is 21.8 Å². The van der Waals surface area contributed by atoms with Crippen LogP contribution in [0.1, 0.15) is 24.8 Å². The Morgan fingerprint density at radius 2 is 2.04 bits per heavy atom. The first kappa shape index (κ1) is 19.3. The molecule has 1 atom stereocenters. The fraction of sp³-hybridized carbons (Fsp3) is 0.500. The number of aliphatic hydroxyl groups excluding tert-OH is 1. The number of halogens is 1. The summed E-state index contributed by atoms with van der Waals surface area (Å²) in [5, 5.41) is 20.8. The highest BCUT2D eigenvalue weighted by Crippen LogP contribution is 2.19. The second-order valence-electron chi connectivity index (χ2n) is 5.34. The number of benzene rings is 1. The van der Waals surface area contributed by atoms with Gasteiger partial charge in [-0.3, -0.25) is 9.59 Å². The number of aryl methyl sites for hydroxylation is 1. The lowest BCUT2D eigenvalue weighted by molar-refractivity contribution is -0.136. The molecule has 0 spiro atoms. The van der Waals surface area contributed by atoms with E-state index in [2.05, 4.69) is 5.32 Å². The van der Waals surface area contributed by atoms with E-state index < -0.39 is 6.04 Å². The first-order valence-corrected chi connectivity index (χ1v) is 7.91. The van der Waals surface area contributed by atoms with Crippen molar-refractivity contribution >= 4 is 23.9 Å². The standard InChI is InChI=1S/C9H16N2O3.C7H7ClO/c12-6-8(10-7-13)9(14)11-4-2-1-3-5-11;1-5-4-6(9)2-3-7(5)8/h7-8,12H,1-6H2,(H,10,13);2-4,9H,1H3. The van der Waals surface area contributed by atoms with Gasteiger partial charge in [-0.05, 0) is 49.9 Å². The van der Waals surface area contributed by atoms with Crippen molar-refractivity contribution in [3.63, 3.8) is 0 Å². The number of rotatable bonds is 4. The van der Waals surface area contributed by atoms with Gasteiger partial charge in [-0.1, -0.05) is 11.6 Å². The Bertz CT molecular complexity index is 519. The van der Waals surface area contributed by atoms with Crippen LogP contribution in [0.25, 0.3) is 0 Å². The lowest BCUT2D eigenvalue weighted by Crippen LogP contribution is -2.49. The highest BCUT2D eigenvalue weighted by Gasteiger charge is 2.24. The van der Waals surface area contributed by atoms with Crippen LogP contribution in [0.3, 0.4) is 0 Å². The third-order valence-corrected chi connectivity index (χ3v) is 3.98. The molecule has 128 valence electrons. The van der Waals surface area contributed by atoms with Gasteiger partial charge in [-0.25, -0.2) is 0 Å². The molecule has 23 heavy (non-hydrogen) atoms. The molecular formula is C16H23ClN2O4. The van der Waals surface area contributed by atoms with Crippen LogP contribution in [-0.4, -0.2) is 53.2 Å². The molecule has 0 bridgehead atoms. The number of hydrogen-bond donors (Lipinski definition) is 3. The predicted molar refractivity (Wildman–Crippen MR) is 88.4 cm³/mol.